The van der Waals surface area contributed by atoms with Crippen molar-refractivity contribution in [1.29, 1.82) is 0 Å². The highest BCUT2D eigenvalue weighted by Crippen LogP contribution is 2.20. The van der Waals surface area contributed by atoms with Crippen molar-refractivity contribution in [2.75, 3.05) is 5.32 Å². The summed E-state index contributed by atoms with van der Waals surface area (Å²) in [5, 5.41) is 11.4. The average molecular weight is 295 g/mol. The second-order valence-electron chi connectivity index (χ2n) is 3.79. The Morgan fingerprint density at radius 1 is 1.30 bits per heavy atom. The molecule has 102 valence electrons. The quantitative estimate of drug-likeness (QED) is 0.853. The second-order valence-corrected chi connectivity index (χ2v) is 4.18. The highest BCUT2D eigenvalue weighted by molar-refractivity contribution is 6.29. The van der Waals surface area contributed by atoms with Gasteiger partial charge < -0.3 is 10.4 Å². The Morgan fingerprint density at radius 3 is 2.70 bits per heavy atom. The van der Waals surface area contributed by atoms with Crippen molar-refractivity contribution in [3.05, 3.63) is 58.6 Å². The molecule has 0 aliphatic rings. The van der Waals surface area contributed by atoms with Crippen LogP contribution < -0.4 is 5.32 Å². The van der Waals surface area contributed by atoms with E-state index >= 15 is 0 Å². The predicted octanol–water partition coefficient (Wildman–Crippen LogP) is 2.82. The number of nitrogens with zero attached hydrogens (tertiary/aromatic N) is 1. The van der Waals surface area contributed by atoms with E-state index in [0.717, 1.165) is 6.07 Å². The molecule has 2 N–H and O–H groups in total. The Bertz CT molecular complexity index is 691. The summed E-state index contributed by atoms with van der Waals surface area (Å²) in [6.45, 7) is 0. The standard InChI is InChI=1S/C13H8ClFN2O3/c14-10-6-7(4-5-16-10)12(18)17-9-3-1-2-8(15)11(9)13(19)20/h1-6H,(H,17,18)(H,19,20). The number of carboxylic acid groups (broad SMARTS) is 1. The van der Waals surface area contributed by atoms with Gasteiger partial charge in [-0.3, -0.25) is 4.79 Å². The molecule has 7 heteroatoms. The van der Waals surface area contributed by atoms with Gasteiger partial charge in [-0.15, -0.1) is 0 Å². The van der Waals surface area contributed by atoms with Gasteiger partial charge in [-0.25, -0.2) is 14.2 Å². The number of benzene rings is 1. The summed E-state index contributed by atoms with van der Waals surface area (Å²) < 4.78 is 13.5. The predicted molar refractivity (Wildman–Crippen MR) is 70.6 cm³/mol. The normalized spacial score (nSPS) is 10.1. The molecular formula is C13H8ClFN2O3. The van der Waals surface area contributed by atoms with Crippen LogP contribution in [0.15, 0.2) is 36.5 Å². The molecular weight excluding hydrogens is 287 g/mol. The Labute approximate surface area is 118 Å². The molecule has 1 heterocycles. The lowest BCUT2D eigenvalue weighted by Gasteiger charge is -2.09. The van der Waals surface area contributed by atoms with Crippen LogP contribution >= 0.6 is 11.6 Å². The Balaban J connectivity index is 2.33. The molecule has 0 aliphatic carbocycles. The summed E-state index contributed by atoms with van der Waals surface area (Å²) in [4.78, 5) is 26.7. The van der Waals surface area contributed by atoms with Crippen molar-refractivity contribution in [3.63, 3.8) is 0 Å². The van der Waals surface area contributed by atoms with Gasteiger partial charge in [0.2, 0.25) is 0 Å². The van der Waals surface area contributed by atoms with E-state index in [-0.39, 0.29) is 16.4 Å². The lowest BCUT2D eigenvalue weighted by molar-refractivity contribution is 0.0693. The van der Waals surface area contributed by atoms with E-state index < -0.39 is 23.3 Å². The van der Waals surface area contributed by atoms with Gasteiger partial charge in [-0.2, -0.15) is 0 Å². The van der Waals surface area contributed by atoms with Gasteiger partial charge in [0, 0.05) is 11.8 Å². The summed E-state index contributed by atoms with van der Waals surface area (Å²) in [6.07, 6.45) is 1.33. The van der Waals surface area contributed by atoms with E-state index in [4.69, 9.17) is 16.7 Å². The summed E-state index contributed by atoms with van der Waals surface area (Å²) in [7, 11) is 0. The molecule has 0 aliphatic heterocycles. The Hall–Kier alpha value is -2.47. The molecule has 0 spiro atoms. The van der Waals surface area contributed by atoms with Crippen LogP contribution in [0.25, 0.3) is 0 Å². The maximum absolute atomic E-state index is 13.5. The highest BCUT2D eigenvalue weighted by atomic mass is 35.5. The van der Waals surface area contributed by atoms with Crippen molar-refractivity contribution in [3.8, 4) is 0 Å². The average Bonchev–Trinajstić information content (AvgIpc) is 2.38. The van der Waals surface area contributed by atoms with Gasteiger partial charge >= 0.3 is 5.97 Å². The Kier molecular flexibility index (Phi) is 3.95. The van der Waals surface area contributed by atoms with Gasteiger partial charge in [0.1, 0.15) is 16.5 Å². The molecule has 0 unspecified atom stereocenters. The fraction of sp³-hybridized carbons (Fsp3) is 0. The first kappa shape index (κ1) is 14.0. The first-order valence-corrected chi connectivity index (χ1v) is 5.81. The fourth-order valence-corrected chi connectivity index (χ4v) is 1.76. The number of amides is 1. The molecule has 0 bridgehead atoms. The smallest absolute Gasteiger partial charge is 0.340 e. The summed E-state index contributed by atoms with van der Waals surface area (Å²) in [5.41, 5.74) is -0.540. The lowest BCUT2D eigenvalue weighted by atomic mass is 10.1. The van der Waals surface area contributed by atoms with Crippen LogP contribution in [0.3, 0.4) is 0 Å². The molecule has 1 amide bonds. The first-order chi connectivity index (χ1) is 9.49. The minimum absolute atomic E-state index is 0.121. The van der Waals surface area contributed by atoms with Crippen molar-refractivity contribution in [2.24, 2.45) is 0 Å². The molecule has 2 rings (SSSR count). The van der Waals surface area contributed by atoms with Gasteiger partial charge in [0.25, 0.3) is 5.91 Å². The third-order valence-corrected chi connectivity index (χ3v) is 2.67. The molecule has 1 aromatic carbocycles. The van der Waals surface area contributed by atoms with Gasteiger partial charge in [-0.1, -0.05) is 17.7 Å². The SMILES string of the molecule is O=C(Nc1cccc(F)c1C(=O)O)c1ccnc(Cl)c1. The van der Waals surface area contributed by atoms with Gasteiger partial charge in [0.15, 0.2) is 0 Å². The number of rotatable bonds is 3. The number of carbonyl (C=O) groups excluding carboxylic acids is 1. The highest BCUT2D eigenvalue weighted by Gasteiger charge is 2.18. The first-order valence-electron chi connectivity index (χ1n) is 5.44. The molecule has 2 aromatic rings. The molecule has 0 radical (unpaired) electrons. The molecule has 0 atom stereocenters. The second kappa shape index (κ2) is 5.66. The fourth-order valence-electron chi connectivity index (χ4n) is 1.58. The zero-order valence-electron chi connectivity index (χ0n) is 9.93. The molecule has 5 nitrogen and oxygen atoms in total. The molecule has 0 fully saturated rings. The zero-order chi connectivity index (χ0) is 14.7. The van der Waals surface area contributed by atoms with Crippen molar-refractivity contribution < 1.29 is 19.1 Å². The van der Waals surface area contributed by atoms with Crippen LogP contribution in [0.5, 0.6) is 0 Å². The van der Waals surface area contributed by atoms with Crippen LogP contribution in [-0.2, 0) is 0 Å². The number of hydrogen-bond donors (Lipinski definition) is 2. The van der Waals surface area contributed by atoms with Gasteiger partial charge in [-0.05, 0) is 24.3 Å². The summed E-state index contributed by atoms with van der Waals surface area (Å²) >= 11 is 5.65. The largest absolute Gasteiger partial charge is 0.478 e. The summed E-state index contributed by atoms with van der Waals surface area (Å²) in [6, 6.07) is 6.32. The number of aromatic carboxylic acids is 1. The molecule has 0 saturated carbocycles. The number of halogens is 2. The topological polar surface area (TPSA) is 79.3 Å². The minimum atomic E-state index is -1.47. The van der Waals surface area contributed by atoms with Crippen LogP contribution in [0.1, 0.15) is 20.7 Å². The Morgan fingerprint density at radius 2 is 2.05 bits per heavy atom. The van der Waals surface area contributed by atoms with Crippen molar-refractivity contribution >= 4 is 29.2 Å². The van der Waals surface area contributed by atoms with Crippen LogP contribution in [0, 0.1) is 5.82 Å². The number of anilines is 1. The third-order valence-electron chi connectivity index (χ3n) is 2.46. The van der Waals surface area contributed by atoms with Crippen molar-refractivity contribution in [1.82, 2.24) is 4.98 Å². The molecule has 1 aromatic heterocycles. The number of hydrogen-bond acceptors (Lipinski definition) is 3. The monoisotopic (exact) mass is 294 g/mol. The van der Waals surface area contributed by atoms with E-state index in [9.17, 15) is 14.0 Å². The number of carbonyl (C=O) groups is 2. The number of nitrogens with one attached hydrogen (secondary N) is 1. The number of aromatic nitrogens is 1. The van der Waals surface area contributed by atoms with Crippen molar-refractivity contribution in [2.45, 2.75) is 0 Å². The summed E-state index contributed by atoms with van der Waals surface area (Å²) in [5.74, 6) is -3.00. The number of pyridine rings is 1. The molecule has 0 saturated heterocycles. The van der Waals surface area contributed by atoms with Gasteiger partial charge in [0.05, 0.1) is 5.69 Å². The minimum Gasteiger partial charge on any atom is -0.478 e. The van der Waals surface area contributed by atoms with E-state index in [1.165, 1.54) is 30.5 Å². The van der Waals surface area contributed by atoms with Crippen LogP contribution in [0.4, 0.5) is 10.1 Å². The van der Waals surface area contributed by atoms with E-state index in [1.54, 1.807) is 0 Å². The van der Waals surface area contributed by atoms with E-state index in [2.05, 4.69) is 10.3 Å². The van der Waals surface area contributed by atoms with Crippen LogP contribution in [-0.4, -0.2) is 22.0 Å². The third kappa shape index (κ3) is 2.92. The van der Waals surface area contributed by atoms with E-state index in [0.29, 0.717) is 0 Å². The molecule has 20 heavy (non-hydrogen) atoms. The maximum Gasteiger partial charge on any atom is 0.340 e. The van der Waals surface area contributed by atoms with E-state index in [1.807, 2.05) is 0 Å². The zero-order valence-corrected chi connectivity index (χ0v) is 10.7. The van der Waals surface area contributed by atoms with Crippen LogP contribution in [0.2, 0.25) is 5.15 Å². The number of carboxylic acids is 1. The maximum atomic E-state index is 13.5. The lowest BCUT2D eigenvalue weighted by Crippen LogP contribution is -2.15.